The van der Waals surface area contributed by atoms with Crippen LogP contribution in [0.15, 0.2) is 65.7 Å². The van der Waals surface area contributed by atoms with Gasteiger partial charge >= 0.3 is 0 Å². The molecule has 4 rings (SSSR count). The van der Waals surface area contributed by atoms with Gasteiger partial charge in [-0.1, -0.05) is 64.8 Å². The molecular weight excluding hydrogens is 521 g/mol. The summed E-state index contributed by atoms with van der Waals surface area (Å²) in [7, 11) is 0. The van der Waals surface area contributed by atoms with Crippen molar-refractivity contribution in [3.63, 3.8) is 0 Å². The predicted molar refractivity (Wildman–Crippen MR) is 138 cm³/mol. The monoisotopic (exact) mass is 535 g/mol. The van der Waals surface area contributed by atoms with Crippen molar-refractivity contribution in [2.24, 2.45) is 0 Å². The molecule has 0 saturated carbocycles. The van der Waals surface area contributed by atoms with E-state index in [9.17, 15) is 4.79 Å². The van der Waals surface area contributed by atoms with Gasteiger partial charge in [0.15, 0.2) is 16.1 Å². The van der Waals surface area contributed by atoms with Crippen molar-refractivity contribution in [2.75, 3.05) is 11.1 Å². The van der Waals surface area contributed by atoms with Gasteiger partial charge in [0.05, 0.1) is 21.5 Å². The van der Waals surface area contributed by atoms with Crippen molar-refractivity contribution in [1.82, 2.24) is 19.7 Å². The highest BCUT2D eigenvalue weighted by molar-refractivity contribution is 7.99. The number of benzene rings is 2. The second kappa shape index (κ2) is 10.7. The number of anilines is 1. The molecule has 0 fully saturated rings. The molecule has 0 aliphatic carbocycles. The van der Waals surface area contributed by atoms with Gasteiger partial charge < -0.3 is 5.32 Å². The third kappa shape index (κ3) is 5.59. The molecule has 0 aliphatic heterocycles. The molecule has 0 unspecified atom stereocenters. The van der Waals surface area contributed by atoms with Crippen LogP contribution >= 0.6 is 57.9 Å². The van der Waals surface area contributed by atoms with Gasteiger partial charge in [-0.2, -0.15) is 0 Å². The summed E-state index contributed by atoms with van der Waals surface area (Å²) in [4.78, 5) is 17.0. The summed E-state index contributed by atoms with van der Waals surface area (Å²) in [5, 5.41) is 15.8. The lowest BCUT2D eigenvalue weighted by molar-refractivity contribution is -0.113. The minimum atomic E-state index is -0.212. The smallest absolute Gasteiger partial charge is 0.236 e. The molecule has 0 aliphatic rings. The standard InChI is InChI=1S/C22H16Cl3N5OS2/c1-2-9-30-20(15-5-3-4-6-16(15)24)28-29-22(30)33-12-19(31)27-21-26-18(11-32-21)14-8-7-13(23)10-17(14)25/h2-8,10-11H,1,9,12H2,(H,26,27,31). The minimum absolute atomic E-state index is 0.133. The van der Waals surface area contributed by atoms with Crippen LogP contribution < -0.4 is 5.32 Å². The van der Waals surface area contributed by atoms with Gasteiger partial charge in [0.1, 0.15) is 0 Å². The molecule has 0 radical (unpaired) electrons. The average molecular weight is 537 g/mol. The number of nitrogens with zero attached hydrogens (tertiary/aromatic N) is 4. The maximum absolute atomic E-state index is 12.5. The van der Waals surface area contributed by atoms with Gasteiger partial charge in [0.25, 0.3) is 0 Å². The van der Waals surface area contributed by atoms with E-state index in [0.29, 0.717) is 43.4 Å². The second-order valence-corrected chi connectivity index (χ2v) is 9.74. The molecule has 11 heteroatoms. The minimum Gasteiger partial charge on any atom is -0.301 e. The molecule has 6 nitrogen and oxygen atoms in total. The number of rotatable bonds is 8. The molecule has 33 heavy (non-hydrogen) atoms. The lowest BCUT2D eigenvalue weighted by atomic mass is 10.2. The topological polar surface area (TPSA) is 72.7 Å². The lowest BCUT2D eigenvalue weighted by Crippen LogP contribution is -2.14. The zero-order valence-electron chi connectivity index (χ0n) is 17.0. The zero-order valence-corrected chi connectivity index (χ0v) is 20.9. The Morgan fingerprint density at radius 1 is 1.12 bits per heavy atom. The Morgan fingerprint density at radius 2 is 1.94 bits per heavy atom. The van der Waals surface area contributed by atoms with Gasteiger partial charge in [-0.3, -0.25) is 9.36 Å². The average Bonchev–Trinajstić information content (AvgIpc) is 3.40. The number of carbonyl (C=O) groups is 1. The van der Waals surface area contributed by atoms with Crippen molar-refractivity contribution in [3.8, 4) is 22.6 Å². The Labute approximate surface area is 213 Å². The van der Waals surface area contributed by atoms with Gasteiger partial charge in [-0.15, -0.1) is 28.1 Å². The van der Waals surface area contributed by atoms with Crippen LogP contribution in [0.25, 0.3) is 22.6 Å². The van der Waals surface area contributed by atoms with E-state index in [1.165, 1.54) is 23.1 Å². The molecule has 0 bridgehead atoms. The highest BCUT2D eigenvalue weighted by atomic mass is 35.5. The van der Waals surface area contributed by atoms with Gasteiger partial charge in [0, 0.05) is 28.1 Å². The maximum Gasteiger partial charge on any atom is 0.236 e. The second-order valence-electron chi connectivity index (χ2n) is 6.68. The number of nitrogens with one attached hydrogen (secondary N) is 1. The van der Waals surface area contributed by atoms with Crippen molar-refractivity contribution in [3.05, 3.63) is 75.6 Å². The summed E-state index contributed by atoms with van der Waals surface area (Å²) >= 11 is 21.1. The predicted octanol–water partition coefficient (Wildman–Crippen LogP) is 6.95. The molecule has 168 valence electrons. The fraction of sp³-hybridized carbons (Fsp3) is 0.0909. The summed E-state index contributed by atoms with van der Waals surface area (Å²) < 4.78 is 1.87. The van der Waals surface area contributed by atoms with E-state index >= 15 is 0 Å². The SMILES string of the molecule is C=CCn1c(SCC(=O)Nc2nc(-c3ccc(Cl)cc3Cl)cs2)nnc1-c1ccccc1Cl. The Kier molecular flexibility index (Phi) is 7.72. The number of thiazole rings is 1. The summed E-state index contributed by atoms with van der Waals surface area (Å²) in [5.41, 5.74) is 2.18. The van der Waals surface area contributed by atoms with Crippen molar-refractivity contribution in [1.29, 1.82) is 0 Å². The first-order valence-electron chi connectivity index (χ1n) is 9.59. The Balaban J connectivity index is 1.44. The Hall–Kier alpha value is -2.36. The van der Waals surface area contributed by atoms with E-state index < -0.39 is 0 Å². The third-order valence-electron chi connectivity index (χ3n) is 4.43. The number of halogens is 3. The first-order chi connectivity index (χ1) is 16.0. The summed E-state index contributed by atoms with van der Waals surface area (Å²) in [5.74, 6) is 0.539. The summed E-state index contributed by atoms with van der Waals surface area (Å²) in [6.45, 7) is 4.28. The van der Waals surface area contributed by atoms with Crippen LogP contribution in [0, 0.1) is 0 Å². The summed E-state index contributed by atoms with van der Waals surface area (Å²) in [6, 6.07) is 12.6. The highest BCUT2D eigenvalue weighted by Crippen LogP contribution is 2.33. The van der Waals surface area contributed by atoms with Crippen LogP contribution in [-0.2, 0) is 11.3 Å². The van der Waals surface area contributed by atoms with Crippen molar-refractivity contribution < 1.29 is 4.79 Å². The van der Waals surface area contributed by atoms with E-state index in [1.54, 1.807) is 30.3 Å². The van der Waals surface area contributed by atoms with Crippen LogP contribution in [0.2, 0.25) is 15.1 Å². The first-order valence-corrected chi connectivity index (χ1v) is 12.6. The molecule has 0 atom stereocenters. The molecule has 2 aromatic heterocycles. The number of allylic oxidation sites excluding steroid dienone is 1. The maximum atomic E-state index is 12.5. The molecular formula is C22H16Cl3N5OS2. The molecule has 0 spiro atoms. The van der Waals surface area contributed by atoms with E-state index in [2.05, 4.69) is 27.1 Å². The first kappa shape index (κ1) is 23.8. The van der Waals surface area contributed by atoms with Crippen LogP contribution in [0.3, 0.4) is 0 Å². The summed E-state index contributed by atoms with van der Waals surface area (Å²) in [6.07, 6.45) is 1.74. The number of aromatic nitrogens is 4. The third-order valence-corrected chi connectivity index (χ3v) is 7.04. The van der Waals surface area contributed by atoms with E-state index in [1.807, 2.05) is 28.1 Å². The fourth-order valence-corrected chi connectivity index (χ4v) is 5.17. The van der Waals surface area contributed by atoms with Crippen molar-refractivity contribution >= 4 is 68.9 Å². The largest absolute Gasteiger partial charge is 0.301 e. The van der Waals surface area contributed by atoms with Crippen molar-refractivity contribution in [2.45, 2.75) is 11.7 Å². The van der Waals surface area contributed by atoms with Crippen LogP contribution in [0.1, 0.15) is 0 Å². The van der Waals surface area contributed by atoms with Crippen LogP contribution in [-0.4, -0.2) is 31.4 Å². The van der Waals surface area contributed by atoms with E-state index in [4.69, 9.17) is 34.8 Å². The lowest BCUT2D eigenvalue weighted by Gasteiger charge is -2.08. The van der Waals surface area contributed by atoms with E-state index in [-0.39, 0.29) is 11.7 Å². The molecule has 1 amide bonds. The number of carbonyl (C=O) groups excluding carboxylic acids is 1. The van der Waals surface area contributed by atoms with Gasteiger partial charge in [-0.25, -0.2) is 4.98 Å². The number of hydrogen-bond acceptors (Lipinski definition) is 6. The molecule has 2 aromatic carbocycles. The number of hydrogen-bond donors (Lipinski definition) is 1. The number of amides is 1. The number of thioether (sulfide) groups is 1. The van der Waals surface area contributed by atoms with E-state index in [0.717, 1.165) is 11.1 Å². The molecule has 2 heterocycles. The fourth-order valence-electron chi connectivity index (χ4n) is 2.97. The molecule has 4 aromatic rings. The normalized spacial score (nSPS) is 10.9. The van der Waals surface area contributed by atoms with Crippen LogP contribution in [0.4, 0.5) is 5.13 Å². The Bertz CT molecular complexity index is 1320. The van der Waals surface area contributed by atoms with Gasteiger partial charge in [-0.05, 0) is 30.3 Å². The molecule has 1 N–H and O–H groups in total. The quantitative estimate of drug-likeness (QED) is 0.195. The van der Waals surface area contributed by atoms with Gasteiger partial charge in [0.2, 0.25) is 5.91 Å². The zero-order chi connectivity index (χ0) is 23.4. The highest BCUT2D eigenvalue weighted by Gasteiger charge is 2.17. The Morgan fingerprint density at radius 3 is 2.70 bits per heavy atom. The molecule has 0 saturated heterocycles. The van der Waals surface area contributed by atoms with Crippen LogP contribution in [0.5, 0.6) is 0 Å².